The van der Waals surface area contributed by atoms with E-state index < -0.39 is 0 Å². The maximum Gasteiger partial charge on any atom is 0.168 e. The average Bonchev–Trinajstić information content (AvgIpc) is 2.10. The molecule has 0 atom stereocenters. The fourth-order valence-corrected chi connectivity index (χ4v) is 1.06. The van der Waals surface area contributed by atoms with Crippen LogP contribution in [-0.2, 0) is 0 Å². The Bertz CT molecular complexity index is 286. The van der Waals surface area contributed by atoms with Crippen molar-refractivity contribution in [1.82, 2.24) is 10.4 Å². The first-order valence-electron chi connectivity index (χ1n) is 4.14. The lowest BCUT2D eigenvalue weighted by atomic mass is 10.3. The number of nitrogens with one attached hydrogen (secondary N) is 1. The van der Waals surface area contributed by atoms with Crippen molar-refractivity contribution in [3.05, 3.63) is 12.3 Å². The lowest BCUT2D eigenvalue weighted by molar-refractivity contribution is 0.701. The minimum atomic E-state index is 0.506. The fourth-order valence-electron chi connectivity index (χ4n) is 1.06. The second kappa shape index (κ2) is 3.95. The Morgan fingerprint density at radius 2 is 2.23 bits per heavy atom. The van der Waals surface area contributed by atoms with Crippen LogP contribution in [0, 0.1) is 0 Å². The van der Waals surface area contributed by atoms with Crippen molar-refractivity contribution in [3.8, 4) is 0 Å². The lowest BCUT2D eigenvalue weighted by Gasteiger charge is -2.20. The third kappa shape index (κ3) is 2.00. The third-order valence-electron chi connectivity index (χ3n) is 1.72. The van der Waals surface area contributed by atoms with Crippen molar-refractivity contribution < 1.29 is 0 Å². The third-order valence-corrected chi connectivity index (χ3v) is 1.72. The summed E-state index contributed by atoms with van der Waals surface area (Å²) in [5.41, 5.74) is 15.5. The van der Waals surface area contributed by atoms with Crippen molar-refractivity contribution in [2.45, 2.75) is 6.92 Å². The van der Waals surface area contributed by atoms with Crippen LogP contribution in [-0.4, -0.2) is 18.6 Å². The Morgan fingerprint density at radius 1 is 1.54 bits per heavy atom. The van der Waals surface area contributed by atoms with Gasteiger partial charge < -0.3 is 11.5 Å². The number of rotatable bonds is 3. The molecule has 1 aromatic heterocycles. The van der Waals surface area contributed by atoms with Gasteiger partial charge >= 0.3 is 0 Å². The predicted octanol–water partition coefficient (Wildman–Crippen LogP) is 0.207. The van der Waals surface area contributed by atoms with Gasteiger partial charge in [0.1, 0.15) is 0 Å². The molecule has 1 aromatic rings. The molecular formula is C8H15N5. The van der Waals surface area contributed by atoms with Gasteiger partial charge in [-0.2, -0.15) is 0 Å². The molecule has 0 amide bonds. The number of hydrogen-bond donors (Lipinski definition) is 3. The van der Waals surface area contributed by atoms with E-state index in [1.54, 1.807) is 17.3 Å². The Labute approximate surface area is 77.7 Å². The molecule has 0 aliphatic carbocycles. The topological polar surface area (TPSA) is 80.2 Å². The van der Waals surface area contributed by atoms with Gasteiger partial charge in [-0.15, -0.1) is 0 Å². The molecule has 0 saturated carbocycles. The molecule has 0 aliphatic rings. The van der Waals surface area contributed by atoms with E-state index in [-0.39, 0.29) is 0 Å². The van der Waals surface area contributed by atoms with Crippen LogP contribution in [0.3, 0.4) is 0 Å². The molecule has 1 heterocycles. The van der Waals surface area contributed by atoms with E-state index in [2.05, 4.69) is 10.4 Å². The number of pyridine rings is 1. The first-order valence-corrected chi connectivity index (χ1v) is 4.14. The van der Waals surface area contributed by atoms with Gasteiger partial charge in [0.2, 0.25) is 0 Å². The molecule has 5 nitrogen and oxygen atoms in total. The molecule has 0 unspecified atom stereocenters. The van der Waals surface area contributed by atoms with E-state index >= 15 is 0 Å². The number of nitrogens with two attached hydrogens (primary N) is 2. The van der Waals surface area contributed by atoms with E-state index in [9.17, 15) is 0 Å². The zero-order valence-electron chi connectivity index (χ0n) is 7.91. The highest BCUT2D eigenvalue weighted by atomic mass is 15.5. The molecule has 13 heavy (non-hydrogen) atoms. The smallest absolute Gasteiger partial charge is 0.168 e. The minimum Gasteiger partial charge on any atom is -0.397 e. The molecule has 0 aliphatic heterocycles. The molecule has 0 fully saturated rings. The quantitative estimate of drug-likeness (QED) is 0.581. The van der Waals surface area contributed by atoms with Crippen LogP contribution in [0.25, 0.3) is 0 Å². The van der Waals surface area contributed by atoms with Crippen LogP contribution in [0.5, 0.6) is 0 Å². The number of aromatic nitrogens is 1. The summed E-state index contributed by atoms with van der Waals surface area (Å²) in [7, 11) is 1.85. The van der Waals surface area contributed by atoms with E-state index in [0.29, 0.717) is 17.2 Å². The van der Waals surface area contributed by atoms with Gasteiger partial charge in [-0.25, -0.2) is 10.4 Å². The number of nitrogens with zero attached hydrogens (tertiary/aromatic N) is 2. The van der Waals surface area contributed by atoms with Crippen molar-refractivity contribution in [2.75, 3.05) is 30.1 Å². The monoisotopic (exact) mass is 181 g/mol. The summed E-state index contributed by atoms with van der Waals surface area (Å²) in [6, 6.07) is 1.68. The molecular weight excluding hydrogens is 166 g/mol. The van der Waals surface area contributed by atoms with E-state index in [1.165, 1.54) is 0 Å². The van der Waals surface area contributed by atoms with Gasteiger partial charge in [0.05, 0.1) is 11.4 Å². The summed E-state index contributed by atoms with van der Waals surface area (Å²) < 4.78 is 0. The van der Waals surface area contributed by atoms with Crippen LogP contribution in [0.2, 0.25) is 0 Å². The molecule has 5 heteroatoms. The highest BCUT2D eigenvalue weighted by Gasteiger charge is 2.07. The molecule has 5 N–H and O–H groups in total. The largest absolute Gasteiger partial charge is 0.397 e. The van der Waals surface area contributed by atoms with Gasteiger partial charge in [-0.3, -0.25) is 5.01 Å². The SMILES string of the molecule is CCNN(C)c1nccc(N)c1N. The van der Waals surface area contributed by atoms with Crippen LogP contribution in [0.1, 0.15) is 6.92 Å². The number of hydrazine groups is 1. The minimum absolute atomic E-state index is 0.506. The summed E-state index contributed by atoms with van der Waals surface area (Å²) in [5.74, 6) is 0.654. The lowest BCUT2D eigenvalue weighted by Crippen LogP contribution is -2.35. The molecule has 0 bridgehead atoms. The van der Waals surface area contributed by atoms with Crippen molar-refractivity contribution in [2.24, 2.45) is 0 Å². The Kier molecular flexibility index (Phi) is 2.92. The van der Waals surface area contributed by atoms with E-state index in [1.807, 2.05) is 14.0 Å². The fraction of sp³-hybridized carbons (Fsp3) is 0.375. The van der Waals surface area contributed by atoms with E-state index in [4.69, 9.17) is 11.5 Å². The maximum atomic E-state index is 5.74. The van der Waals surface area contributed by atoms with E-state index in [0.717, 1.165) is 6.54 Å². The van der Waals surface area contributed by atoms with Crippen LogP contribution in [0.15, 0.2) is 12.3 Å². The Hall–Kier alpha value is -1.49. The first-order chi connectivity index (χ1) is 6.16. The highest BCUT2D eigenvalue weighted by molar-refractivity contribution is 5.75. The molecule has 0 saturated heterocycles. The number of anilines is 3. The van der Waals surface area contributed by atoms with Gasteiger partial charge in [-0.05, 0) is 6.07 Å². The van der Waals surface area contributed by atoms with Crippen molar-refractivity contribution >= 4 is 17.2 Å². The molecule has 0 aromatic carbocycles. The Balaban J connectivity index is 2.93. The zero-order valence-corrected chi connectivity index (χ0v) is 7.91. The van der Waals surface area contributed by atoms with Gasteiger partial charge in [0.25, 0.3) is 0 Å². The number of hydrogen-bond acceptors (Lipinski definition) is 5. The highest BCUT2D eigenvalue weighted by Crippen LogP contribution is 2.23. The maximum absolute atomic E-state index is 5.74. The van der Waals surface area contributed by atoms with Gasteiger partial charge in [0, 0.05) is 19.8 Å². The van der Waals surface area contributed by atoms with Gasteiger partial charge in [-0.1, -0.05) is 6.92 Å². The average molecular weight is 181 g/mol. The summed E-state index contributed by atoms with van der Waals surface area (Å²) >= 11 is 0. The summed E-state index contributed by atoms with van der Waals surface area (Å²) in [5, 5.41) is 1.76. The van der Waals surface area contributed by atoms with Gasteiger partial charge in [0.15, 0.2) is 5.82 Å². The number of nitrogen functional groups attached to an aromatic ring is 2. The molecule has 72 valence electrons. The summed E-state index contributed by atoms with van der Waals surface area (Å²) in [6.45, 7) is 2.81. The first kappa shape index (κ1) is 9.60. The predicted molar refractivity (Wildman–Crippen MR) is 55.1 cm³/mol. The van der Waals surface area contributed by atoms with Crippen molar-refractivity contribution in [1.29, 1.82) is 0 Å². The Morgan fingerprint density at radius 3 is 2.85 bits per heavy atom. The summed E-state index contributed by atoms with van der Waals surface area (Å²) in [4.78, 5) is 4.12. The molecule has 0 spiro atoms. The summed E-state index contributed by atoms with van der Waals surface area (Å²) in [6.07, 6.45) is 1.63. The molecule has 1 rings (SSSR count). The van der Waals surface area contributed by atoms with Crippen molar-refractivity contribution in [3.63, 3.8) is 0 Å². The second-order valence-electron chi connectivity index (χ2n) is 2.71. The van der Waals surface area contributed by atoms with Crippen LogP contribution >= 0.6 is 0 Å². The standard InChI is InChI=1S/C8H15N5/c1-3-12-13(2)8-7(10)6(9)4-5-11-8/h4-5,12H,3,10H2,1-2H3,(H2,9,11). The zero-order chi connectivity index (χ0) is 9.84. The second-order valence-corrected chi connectivity index (χ2v) is 2.71. The van der Waals surface area contributed by atoms with Crippen LogP contribution in [0.4, 0.5) is 17.2 Å². The van der Waals surface area contributed by atoms with Crippen LogP contribution < -0.4 is 21.9 Å². The molecule has 0 radical (unpaired) electrons. The normalized spacial score (nSPS) is 10.0.